The Hall–Kier alpha value is -1.55. The number of para-hydroxylation sites is 2. The Balaban J connectivity index is 1.97. The fraction of sp³-hybridized carbons (Fsp3) is 0.562. The summed E-state index contributed by atoms with van der Waals surface area (Å²) in [6.07, 6.45) is 6.34. The van der Waals surface area contributed by atoms with Crippen LogP contribution in [-0.4, -0.2) is 33.9 Å². The first kappa shape index (κ1) is 13.4. The van der Waals surface area contributed by atoms with Crippen LogP contribution in [0.3, 0.4) is 0 Å². The van der Waals surface area contributed by atoms with Crippen LogP contribution in [0.1, 0.15) is 32.1 Å². The number of nitrogens with zero attached hydrogens (tertiary/aromatic N) is 3. The summed E-state index contributed by atoms with van der Waals surface area (Å²) < 4.78 is 2.15. The van der Waals surface area contributed by atoms with E-state index in [1.807, 2.05) is 12.1 Å². The van der Waals surface area contributed by atoms with E-state index in [2.05, 4.69) is 28.6 Å². The number of imidazole rings is 1. The van der Waals surface area contributed by atoms with Crippen molar-refractivity contribution in [1.82, 2.24) is 9.55 Å². The van der Waals surface area contributed by atoms with Crippen molar-refractivity contribution in [3.8, 4) is 0 Å². The number of aromatic nitrogens is 2. The highest BCUT2D eigenvalue weighted by atomic mass is 16.3. The molecular formula is C16H23N3O. The number of fused-ring (bicyclic) bond motifs is 1. The summed E-state index contributed by atoms with van der Waals surface area (Å²) in [4.78, 5) is 7.09. The van der Waals surface area contributed by atoms with E-state index in [1.54, 1.807) is 0 Å². The van der Waals surface area contributed by atoms with E-state index in [0.717, 1.165) is 17.0 Å². The van der Waals surface area contributed by atoms with Crippen molar-refractivity contribution in [2.45, 2.75) is 38.1 Å². The van der Waals surface area contributed by atoms with Gasteiger partial charge in [0.2, 0.25) is 5.95 Å². The van der Waals surface area contributed by atoms with Gasteiger partial charge in [-0.3, -0.25) is 0 Å². The van der Waals surface area contributed by atoms with Gasteiger partial charge in [0.25, 0.3) is 0 Å². The molecule has 1 N–H and O–H groups in total. The van der Waals surface area contributed by atoms with Gasteiger partial charge in [0, 0.05) is 19.6 Å². The second kappa shape index (κ2) is 5.83. The standard InChI is InChI=1S/C16H23N3O/c1-18-15-10-6-5-9-14(15)17-16(18)19(11-12-20)13-7-3-2-4-8-13/h5-6,9-10,13,20H,2-4,7-8,11-12H2,1H3. The fourth-order valence-corrected chi connectivity index (χ4v) is 3.34. The number of aliphatic hydroxyl groups is 1. The highest BCUT2D eigenvalue weighted by Crippen LogP contribution is 2.28. The molecule has 20 heavy (non-hydrogen) atoms. The summed E-state index contributed by atoms with van der Waals surface area (Å²) >= 11 is 0. The molecule has 2 aromatic rings. The Morgan fingerprint density at radius 1 is 1.25 bits per heavy atom. The zero-order valence-corrected chi connectivity index (χ0v) is 12.1. The van der Waals surface area contributed by atoms with Crippen LogP contribution in [0.2, 0.25) is 0 Å². The van der Waals surface area contributed by atoms with E-state index in [9.17, 15) is 5.11 Å². The Morgan fingerprint density at radius 2 is 2.00 bits per heavy atom. The lowest BCUT2D eigenvalue weighted by atomic mass is 9.94. The molecule has 1 heterocycles. The summed E-state index contributed by atoms with van der Waals surface area (Å²) in [5.41, 5.74) is 2.19. The lowest BCUT2D eigenvalue weighted by Gasteiger charge is -2.34. The largest absolute Gasteiger partial charge is 0.395 e. The van der Waals surface area contributed by atoms with Gasteiger partial charge in [0.15, 0.2) is 0 Å². The normalized spacial score (nSPS) is 16.7. The maximum Gasteiger partial charge on any atom is 0.206 e. The SMILES string of the molecule is Cn1c(N(CCO)C2CCCCC2)nc2ccccc21. The molecule has 0 amide bonds. The van der Waals surface area contributed by atoms with E-state index in [1.165, 1.54) is 32.1 Å². The minimum absolute atomic E-state index is 0.180. The molecule has 0 unspecified atom stereocenters. The summed E-state index contributed by atoms with van der Waals surface area (Å²) in [7, 11) is 2.07. The highest BCUT2D eigenvalue weighted by molar-refractivity contribution is 5.78. The maximum atomic E-state index is 9.42. The Kier molecular flexibility index (Phi) is 3.92. The van der Waals surface area contributed by atoms with E-state index < -0.39 is 0 Å². The van der Waals surface area contributed by atoms with Crippen LogP contribution in [0.25, 0.3) is 11.0 Å². The van der Waals surface area contributed by atoms with Crippen molar-refractivity contribution >= 4 is 17.0 Å². The summed E-state index contributed by atoms with van der Waals surface area (Å²) in [5.74, 6) is 0.993. The van der Waals surface area contributed by atoms with Crippen molar-refractivity contribution in [2.24, 2.45) is 7.05 Å². The second-order valence-electron chi connectivity index (χ2n) is 5.67. The zero-order valence-electron chi connectivity index (χ0n) is 12.1. The molecule has 0 bridgehead atoms. The molecule has 0 radical (unpaired) electrons. The first-order valence-corrected chi connectivity index (χ1v) is 7.60. The fourth-order valence-electron chi connectivity index (χ4n) is 3.34. The molecule has 4 nitrogen and oxygen atoms in total. The third kappa shape index (κ3) is 2.40. The van der Waals surface area contributed by atoms with E-state index >= 15 is 0 Å². The van der Waals surface area contributed by atoms with E-state index in [4.69, 9.17) is 4.98 Å². The van der Waals surface area contributed by atoms with Gasteiger partial charge in [0.05, 0.1) is 17.6 Å². The topological polar surface area (TPSA) is 41.3 Å². The maximum absolute atomic E-state index is 9.42. The number of aliphatic hydroxyl groups excluding tert-OH is 1. The summed E-state index contributed by atoms with van der Waals surface area (Å²) in [6, 6.07) is 8.74. The quantitative estimate of drug-likeness (QED) is 0.931. The number of anilines is 1. The van der Waals surface area contributed by atoms with Crippen LogP contribution in [0.5, 0.6) is 0 Å². The Labute approximate surface area is 120 Å². The predicted molar refractivity (Wildman–Crippen MR) is 82.0 cm³/mol. The van der Waals surface area contributed by atoms with Crippen LogP contribution in [0, 0.1) is 0 Å². The van der Waals surface area contributed by atoms with Gasteiger partial charge in [-0.2, -0.15) is 0 Å². The number of aryl methyl sites for hydroxylation is 1. The van der Waals surface area contributed by atoms with Gasteiger partial charge in [-0.05, 0) is 25.0 Å². The molecule has 4 heteroatoms. The highest BCUT2D eigenvalue weighted by Gasteiger charge is 2.24. The molecule has 1 fully saturated rings. The van der Waals surface area contributed by atoms with Crippen molar-refractivity contribution in [3.05, 3.63) is 24.3 Å². The van der Waals surface area contributed by atoms with Crippen LogP contribution in [-0.2, 0) is 7.05 Å². The van der Waals surface area contributed by atoms with Crippen LogP contribution in [0.15, 0.2) is 24.3 Å². The van der Waals surface area contributed by atoms with Crippen LogP contribution in [0.4, 0.5) is 5.95 Å². The molecule has 1 aromatic carbocycles. The summed E-state index contributed by atoms with van der Waals surface area (Å²) in [6.45, 7) is 0.849. The molecule has 1 saturated carbocycles. The molecule has 1 aliphatic carbocycles. The molecule has 108 valence electrons. The van der Waals surface area contributed by atoms with E-state index in [0.29, 0.717) is 12.6 Å². The molecule has 0 saturated heterocycles. The lowest BCUT2D eigenvalue weighted by molar-refractivity contribution is 0.288. The number of benzene rings is 1. The molecule has 1 aromatic heterocycles. The van der Waals surface area contributed by atoms with Gasteiger partial charge in [-0.1, -0.05) is 31.4 Å². The molecule has 3 rings (SSSR count). The van der Waals surface area contributed by atoms with Gasteiger partial charge >= 0.3 is 0 Å². The minimum Gasteiger partial charge on any atom is -0.395 e. The molecule has 1 aliphatic rings. The molecule has 0 atom stereocenters. The molecule has 0 aliphatic heterocycles. The Morgan fingerprint density at radius 3 is 2.70 bits per heavy atom. The number of hydrogen-bond acceptors (Lipinski definition) is 3. The van der Waals surface area contributed by atoms with Gasteiger partial charge in [-0.25, -0.2) is 4.98 Å². The van der Waals surface area contributed by atoms with Crippen molar-refractivity contribution < 1.29 is 5.11 Å². The van der Waals surface area contributed by atoms with Crippen LogP contribution >= 0.6 is 0 Å². The third-order valence-corrected chi connectivity index (χ3v) is 4.38. The first-order valence-electron chi connectivity index (χ1n) is 7.60. The zero-order chi connectivity index (χ0) is 13.9. The number of hydrogen-bond donors (Lipinski definition) is 1. The predicted octanol–water partition coefficient (Wildman–Crippen LogP) is 2.70. The molecule has 0 spiro atoms. The first-order chi connectivity index (χ1) is 9.81. The minimum atomic E-state index is 0.180. The van der Waals surface area contributed by atoms with Gasteiger partial charge in [0.1, 0.15) is 0 Å². The van der Waals surface area contributed by atoms with Gasteiger partial charge in [-0.15, -0.1) is 0 Å². The van der Waals surface area contributed by atoms with Crippen molar-refractivity contribution in [2.75, 3.05) is 18.1 Å². The smallest absolute Gasteiger partial charge is 0.206 e. The second-order valence-corrected chi connectivity index (χ2v) is 5.67. The lowest BCUT2D eigenvalue weighted by Crippen LogP contribution is -2.40. The third-order valence-electron chi connectivity index (χ3n) is 4.38. The van der Waals surface area contributed by atoms with E-state index in [-0.39, 0.29) is 6.61 Å². The average Bonchev–Trinajstić information content (AvgIpc) is 2.83. The van der Waals surface area contributed by atoms with Crippen molar-refractivity contribution in [1.29, 1.82) is 0 Å². The van der Waals surface area contributed by atoms with Gasteiger partial charge < -0.3 is 14.6 Å². The average molecular weight is 273 g/mol. The Bertz CT molecular complexity index is 572. The summed E-state index contributed by atoms with van der Waals surface area (Å²) in [5, 5.41) is 9.42. The van der Waals surface area contributed by atoms with Crippen molar-refractivity contribution in [3.63, 3.8) is 0 Å². The monoisotopic (exact) mass is 273 g/mol. The molecular weight excluding hydrogens is 250 g/mol. The number of rotatable bonds is 4. The van der Waals surface area contributed by atoms with Crippen LogP contribution < -0.4 is 4.90 Å².